The summed E-state index contributed by atoms with van der Waals surface area (Å²) >= 11 is 5.39. The van der Waals surface area contributed by atoms with Crippen LogP contribution in [0.4, 0.5) is 4.39 Å². The molecule has 3 rings (SSSR count). The summed E-state index contributed by atoms with van der Waals surface area (Å²) in [5.74, 6) is -0.556. The lowest BCUT2D eigenvalue weighted by Crippen LogP contribution is -2.53. The number of piperazine rings is 1. The van der Waals surface area contributed by atoms with Gasteiger partial charge in [-0.2, -0.15) is 4.31 Å². The first kappa shape index (κ1) is 18.5. The molecule has 9 heteroatoms. The van der Waals surface area contributed by atoms with Crippen LogP contribution in [0, 0.1) is 5.82 Å². The van der Waals surface area contributed by atoms with Crippen LogP contribution < -0.4 is 5.32 Å². The van der Waals surface area contributed by atoms with Gasteiger partial charge in [0.25, 0.3) is 0 Å². The minimum atomic E-state index is -3.68. The first-order chi connectivity index (χ1) is 12.0. The standard InChI is InChI=1S/C16H22FN3O3S2/c17-13-3-1-5-15(11-13)25(21,22)20-8-6-19(7-9-20)16(24)18-12-14-4-2-10-23-14/h1,3,5,11,14H,2,4,6-10,12H2,(H,18,24)/t14-/m1/s1. The third-order valence-corrected chi connectivity index (χ3v) is 6.76. The van der Waals surface area contributed by atoms with E-state index in [1.807, 2.05) is 4.90 Å². The van der Waals surface area contributed by atoms with Gasteiger partial charge in [-0.25, -0.2) is 12.8 Å². The van der Waals surface area contributed by atoms with Crippen molar-refractivity contribution in [3.63, 3.8) is 0 Å². The van der Waals surface area contributed by atoms with Gasteiger partial charge in [0.15, 0.2) is 5.11 Å². The molecule has 1 N–H and O–H groups in total. The van der Waals surface area contributed by atoms with Crippen LogP contribution in [0.1, 0.15) is 12.8 Å². The molecule has 1 aromatic rings. The summed E-state index contributed by atoms with van der Waals surface area (Å²) < 4.78 is 45.4. The summed E-state index contributed by atoms with van der Waals surface area (Å²) in [4.78, 5) is 1.95. The molecule has 0 unspecified atom stereocenters. The number of nitrogens with one attached hydrogen (secondary N) is 1. The lowest BCUT2D eigenvalue weighted by Gasteiger charge is -2.35. The highest BCUT2D eigenvalue weighted by Crippen LogP contribution is 2.18. The number of hydrogen-bond donors (Lipinski definition) is 1. The average Bonchev–Trinajstić information content (AvgIpc) is 3.13. The Morgan fingerprint density at radius 1 is 1.32 bits per heavy atom. The third-order valence-electron chi connectivity index (χ3n) is 4.46. The van der Waals surface area contributed by atoms with Crippen LogP contribution in [0.3, 0.4) is 0 Å². The van der Waals surface area contributed by atoms with Crippen LogP contribution in [0.2, 0.25) is 0 Å². The van der Waals surface area contributed by atoms with E-state index in [0.717, 1.165) is 25.5 Å². The molecule has 1 atom stereocenters. The molecule has 2 aliphatic rings. The Bertz CT molecular complexity index is 715. The van der Waals surface area contributed by atoms with Crippen LogP contribution in [-0.4, -0.2) is 68.2 Å². The van der Waals surface area contributed by atoms with Gasteiger partial charge in [0, 0.05) is 39.3 Å². The zero-order valence-electron chi connectivity index (χ0n) is 13.9. The molecule has 0 bridgehead atoms. The molecule has 6 nitrogen and oxygen atoms in total. The maximum Gasteiger partial charge on any atom is 0.243 e. The third kappa shape index (κ3) is 4.46. The molecule has 2 saturated heterocycles. The van der Waals surface area contributed by atoms with E-state index in [1.165, 1.54) is 22.5 Å². The SMILES string of the molecule is O=S(=O)(c1cccc(F)c1)N1CCN(C(=S)NC[C@H]2CCCO2)CC1. The summed E-state index contributed by atoms with van der Waals surface area (Å²) in [6.07, 6.45) is 2.32. The second-order valence-electron chi connectivity index (χ2n) is 6.17. The van der Waals surface area contributed by atoms with Crippen molar-refractivity contribution in [1.29, 1.82) is 0 Å². The Morgan fingerprint density at radius 2 is 2.08 bits per heavy atom. The normalized spacial score (nSPS) is 22.1. The fourth-order valence-electron chi connectivity index (χ4n) is 3.03. The molecule has 0 saturated carbocycles. The van der Waals surface area contributed by atoms with E-state index in [9.17, 15) is 12.8 Å². The molecule has 0 radical (unpaired) electrons. The molecule has 2 heterocycles. The molecule has 138 valence electrons. The molecule has 0 aliphatic carbocycles. The van der Waals surface area contributed by atoms with Gasteiger partial charge in [-0.3, -0.25) is 0 Å². The highest BCUT2D eigenvalue weighted by Gasteiger charge is 2.29. The molecule has 2 aliphatic heterocycles. The van der Waals surface area contributed by atoms with Crippen LogP contribution in [0.25, 0.3) is 0 Å². The second kappa shape index (κ2) is 7.94. The highest BCUT2D eigenvalue weighted by molar-refractivity contribution is 7.89. The predicted molar refractivity (Wildman–Crippen MR) is 96.3 cm³/mol. The number of benzene rings is 1. The van der Waals surface area contributed by atoms with Crippen LogP contribution >= 0.6 is 12.2 Å². The summed E-state index contributed by atoms with van der Waals surface area (Å²) in [5, 5.41) is 3.83. The average molecular weight is 388 g/mol. The number of sulfonamides is 1. The second-order valence-corrected chi connectivity index (χ2v) is 8.49. The molecular formula is C16H22FN3O3S2. The van der Waals surface area contributed by atoms with Crippen LogP contribution in [0.15, 0.2) is 29.2 Å². The molecule has 0 spiro atoms. The number of ether oxygens (including phenoxy) is 1. The molecule has 1 aromatic carbocycles. The quantitative estimate of drug-likeness (QED) is 0.783. The van der Waals surface area contributed by atoms with Gasteiger partial charge in [-0.05, 0) is 43.3 Å². The molecular weight excluding hydrogens is 365 g/mol. The zero-order chi connectivity index (χ0) is 17.9. The minimum Gasteiger partial charge on any atom is -0.376 e. The van der Waals surface area contributed by atoms with Crippen molar-refractivity contribution in [1.82, 2.24) is 14.5 Å². The zero-order valence-corrected chi connectivity index (χ0v) is 15.5. The van der Waals surface area contributed by atoms with E-state index in [1.54, 1.807) is 0 Å². The number of thiocarbonyl (C=S) groups is 1. The summed E-state index contributed by atoms with van der Waals surface area (Å²) in [7, 11) is -3.68. The Hall–Kier alpha value is -1.29. The molecule has 2 fully saturated rings. The van der Waals surface area contributed by atoms with E-state index >= 15 is 0 Å². The van der Waals surface area contributed by atoms with Crippen molar-refractivity contribution < 1.29 is 17.5 Å². The Morgan fingerprint density at radius 3 is 2.72 bits per heavy atom. The molecule has 0 aromatic heterocycles. The molecule has 0 amide bonds. The fourth-order valence-corrected chi connectivity index (χ4v) is 4.75. The minimum absolute atomic E-state index is 0.0139. The summed E-state index contributed by atoms with van der Waals surface area (Å²) in [6, 6.07) is 5.10. The Labute approximate surface area is 153 Å². The van der Waals surface area contributed by atoms with Gasteiger partial charge < -0.3 is 15.0 Å². The Balaban J connectivity index is 1.53. The van der Waals surface area contributed by atoms with Gasteiger partial charge in [0.1, 0.15) is 5.82 Å². The van der Waals surface area contributed by atoms with Crippen molar-refractivity contribution in [3.05, 3.63) is 30.1 Å². The van der Waals surface area contributed by atoms with Crippen molar-refractivity contribution in [2.75, 3.05) is 39.3 Å². The maximum atomic E-state index is 13.3. The van der Waals surface area contributed by atoms with Gasteiger partial charge in [-0.15, -0.1) is 0 Å². The van der Waals surface area contributed by atoms with Crippen molar-refractivity contribution in [3.8, 4) is 0 Å². The van der Waals surface area contributed by atoms with E-state index in [-0.39, 0.29) is 11.0 Å². The topological polar surface area (TPSA) is 61.9 Å². The summed E-state index contributed by atoms with van der Waals surface area (Å²) in [5.41, 5.74) is 0. The van der Waals surface area contributed by atoms with Crippen molar-refractivity contribution in [2.45, 2.75) is 23.8 Å². The first-order valence-electron chi connectivity index (χ1n) is 8.37. The Kier molecular flexibility index (Phi) is 5.88. The lowest BCUT2D eigenvalue weighted by atomic mass is 10.2. The number of nitrogens with zero attached hydrogens (tertiary/aromatic N) is 2. The van der Waals surface area contributed by atoms with Gasteiger partial charge in [0.2, 0.25) is 10.0 Å². The number of halogens is 1. The van der Waals surface area contributed by atoms with E-state index < -0.39 is 15.8 Å². The van der Waals surface area contributed by atoms with Crippen molar-refractivity contribution in [2.24, 2.45) is 0 Å². The van der Waals surface area contributed by atoms with Gasteiger partial charge in [0.05, 0.1) is 11.0 Å². The monoisotopic (exact) mass is 387 g/mol. The van der Waals surface area contributed by atoms with Crippen molar-refractivity contribution >= 4 is 27.4 Å². The van der Waals surface area contributed by atoms with Crippen LogP contribution in [0.5, 0.6) is 0 Å². The maximum absolute atomic E-state index is 13.3. The largest absolute Gasteiger partial charge is 0.376 e. The number of hydrogen-bond acceptors (Lipinski definition) is 4. The molecule has 25 heavy (non-hydrogen) atoms. The van der Waals surface area contributed by atoms with E-state index in [4.69, 9.17) is 17.0 Å². The summed E-state index contributed by atoms with van der Waals surface area (Å²) in [6.45, 7) is 3.13. The van der Waals surface area contributed by atoms with E-state index in [0.29, 0.717) is 37.8 Å². The number of rotatable bonds is 4. The van der Waals surface area contributed by atoms with Crippen LogP contribution in [-0.2, 0) is 14.8 Å². The van der Waals surface area contributed by atoms with E-state index in [2.05, 4.69) is 5.32 Å². The fraction of sp³-hybridized carbons (Fsp3) is 0.562. The van der Waals surface area contributed by atoms with Gasteiger partial charge >= 0.3 is 0 Å². The predicted octanol–water partition coefficient (Wildman–Crippen LogP) is 1.19. The highest BCUT2D eigenvalue weighted by atomic mass is 32.2. The lowest BCUT2D eigenvalue weighted by molar-refractivity contribution is 0.113. The van der Waals surface area contributed by atoms with Gasteiger partial charge in [-0.1, -0.05) is 6.07 Å². The smallest absolute Gasteiger partial charge is 0.243 e. The first-order valence-corrected chi connectivity index (χ1v) is 10.2.